The SMILES string of the molecule is CCC(C)c1cc2c(cc1OCCCC1=CCCCCCCC1)N=CCC2C. The summed E-state index contributed by atoms with van der Waals surface area (Å²) in [5.74, 6) is 2.14. The summed E-state index contributed by atoms with van der Waals surface area (Å²) in [6.45, 7) is 7.68. The molecule has 2 unspecified atom stereocenters. The van der Waals surface area contributed by atoms with Gasteiger partial charge < -0.3 is 4.74 Å². The van der Waals surface area contributed by atoms with E-state index < -0.39 is 0 Å². The van der Waals surface area contributed by atoms with Gasteiger partial charge in [0.2, 0.25) is 0 Å². The maximum atomic E-state index is 6.33. The molecule has 0 amide bonds. The zero-order valence-corrected chi connectivity index (χ0v) is 18.3. The Morgan fingerprint density at radius 3 is 2.82 bits per heavy atom. The molecule has 2 heteroatoms. The Kier molecular flexibility index (Phi) is 8.18. The van der Waals surface area contributed by atoms with Crippen LogP contribution >= 0.6 is 0 Å². The summed E-state index contributed by atoms with van der Waals surface area (Å²) < 4.78 is 6.33. The smallest absolute Gasteiger partial charge is 0.124 e. The normalized spacial score (nSPS) is 21.1. The first-order valence-corrected chi connectivity index (χ1v) is 11.7. The van der Waals surface area contributed by atoms with Crippen LogP contribution in [0.15, 0.2) is 28.8 Å². The van der Waals surface area contributed by atoms with Crippen LogP contribution < -0.4 is 4.74 Å². The van der Waals surface area contributed by atoms with Crippen molar-refractivity contribution in [2.45, 2.75) is 103 Å². The Labute approximate surface area is 172 Å². The Balaban J connectivity index is 1.62. The van der Waals surface area contributed by atoms with Crippen molar-refractivity contribution >= 4 is 11.9 Å². The second-order valence-corrected chi connectivity index (χ2v) is 8.83. The van der Waals surface area contributed by atoms with Gasteiger partial charge in [0.25, 0.3) is 0 Å². The van der Waals surface area contributed by atoms with E-state index in [1.54, 1.807) is 5.57 Å². The molecule has 154 valence electrons. The highest BCUT2D eigenvalue weighted by Crippen LogP contribution is 2.40. The maximum absolute atomic E-state index is 6.33. The minimum atomic E-state index is 0.524. The molecule has 28 heavy (non-hydrogen) atoms. The highest BCUT2D eigenvalue weighted by atomic mass is 16.5. The predicted octanol–water partition coefficient (Wildman–Crippen LogP) is 8.24. The third kappa shape index (κ3) is 5.72. The van der Waals surface area contributed by atoms with Crippen LogP contribution in [0.25, 0.3) is 0 Å². The van der Waals surface area contributed by atoms with E-state index in [9.17, 15) is 0 Å². The van der Waals surface area contributed by atoms with Crippen LogP contribution in [0.1, 0.15) is 114 Å². The molecule has 1 aromatic rings. The molecule has 0 fully saturated rings. The third-order valence-electron chi connectivity index (χ3n) is 6.56. The van der Waals surface area contributed by atoms with Crippen molar-refractivity contribution in [2.24, 2.45) is 4.99 Å². The Bertz CT molecular complexity index is 688. The summed E-state index contributed by atoms with van der Waals surface area (Å²) in [5.41, 5.74) is 5.53. The van der Waals surface area contributed by atoms with Gasteiger partial charge in [-0.2, -0.15) is 0 Å². The van der Waals surface area contributed by atoms with Gasteiger partial charge in [0.05, 0.1) is 12.3 Å². The fourth-order valence-corrected chi connectivity index (χ4v) is 4.42. The van der Waals surface area contributed by atoms with Crippen molar-refractivity contribution in [3.63, 3.8) is 0 Å². The van der Waals surface area contributed by atoms with Gasteiger partial charge in [-0.15, -0.1) is 0 Å². The number of nitrogens with zero attached hydrogens (tertiary/aromatic N) is 1. The second-order valence-electron chi connectivity index (χ2n) is 8.83. The van der Waals surface area contributed by atoms with E-state index in [1.165, 1.54) is 62.5 Å². The quantitative estimate of drug-likeness (QED) is 0.344. The average Bonchev–Trinajstić information content (AvgIpc) is 2.84. The van der Waals surface area contributed by atoms with E-state index >= 15 is 0 Å². The summed E-state index contributed by atoms with van der Waals surface area (Å²) in [5, 5.41) is 0. The van der Waals surface area contributed by atoms with Gasteiger partial charge in [-0.1, -0.05) is 51.7 Å². The second kappa shape index (κ2) is 10.8. The van der Waals surface area contributed by atoms with E-state index in [0.29, 0.717) is 11.8 Å². The largest absolute Gasteiger partial charge is 0.493 e. The molecule has 0 saturated carbocycles. The molecule has 2 atom stereocenters. The maximum Gasteiger partial charge on any atom is 0.124 e. The van der Waals surface area contributed by atoms with E-state index in [0.717, 1.165) is 37.3 Å². The molecule has 0 N–H and O–H groups in total. The number of rotatable bonds is 7. The lowest BCUT2D eigenvalue weighted by atomic mass is 9.88. The van der Waals surface area contributed by atoms with Crippen molar-refractivity contribution in [3.8, 4) is 5.75 Å². The average molecular weight is 382 g/mol. The van der Waals surface area contributed by atoms with Crippen LogP contribution in [0.5, 0.6) is 5.75 Å². The van der Waals surface area contributed by atoms with Crippen molar-refractivity contribution in [1.82, 2.24) is 0 Å². The minimum Gasteiger partial charge on any atom is -0.493 e. The van der Waals surface area contributed by atoms with Gasteiger partial charge in [0.15, 0.2) is 0 Å². The van der Waals surface area contributed by atoms with Crippen LogP contribution in [-0.4, -0.2) is 12.8 Å². The Morgan fingerprint density at radius 2 is 1.96 bits per heavy atom. The van der Waals surface area contributed by atoms with E-state index in [-0.39, 0.29) is 0 Å². The Morgan fingerprint density at radius 1 is 1.14 bits per heavy atom. The van der Waals surface area contributed by atoms with E-state index in [2.05, 4.69) is 50.2 Å². The van der Waals surface area contributed by atoms with Gasteiger partial charge in [0.1, 0.15) is 5.75 Å². The monoisotopic (exact) mass is 381 g/mol. The van der Waals surface area contributed by atoms with Gasteiger partial charge in [-0.3, -0.25) is 4.99 Å². The molecule has 1 heterocycles. The van der Waals surface area contributed by atoms with E-state index in [1.807, 2.05) is 0 Å². The number of allylic oxidation sites excluding steroid dienone is 2. The summed E-state index contributed by atoms with van der Waals surface area (Å²) >= 11 is 0. The first-order chi connectivity index (χ1) is 13.7. The zero-order valence-electron chi connectivity index (χ0n) is 18.3. The third-order valence-corrected chi connectivity index (χ3v) is 6.56. The Hall–Kier alpha value is -1.57. The molecular formula is C26H39NO. The number of hydrogen-bond donors (Lipinski definition) is 0. The summed E-state index contributed by atoms with van der Waals surface area (Å²) in [7, 11) is 0. The number of ether oxygens (including phenoxy) is 1. The van der Waals surface area contributed by atoms with Gasteiger partial charge in [-0.05, 0) is 80.4 Å². The van der Waals surface area contributed by atoms with Crippen LogP contribution in [0.2, 0.25) is 0 Å². The molecule has 1 aliphatic heterocycles. The molecule has 3 rings (SSSR count). The van der Waals surface area contributed by atoms with Crippen LogP contribution in [0.4, 0.5) is 5.69 Å². The van der Waals surface area contributed by atoms with Gasteiger partial charge in [-0.25, -0.2) is 0 Å². The van der Waals surface area contributed by atoms with Gasteiger partial charge >= 0.3 is 0 Å². The van der Waals surface area contributed by atoms with Crippen molar-refractivity contribution < 1.29 is 4.74 Å². The summed E-state index contributed by atoms with van der Waals surface area (Å²) in [6, 6.07) is 4.57. The number of benzene rings is 1. The van der Waals surface area contributed by atoms with Crippen molar-refractivity contribution in [2.75, 3.05) is 6.61 Å². The summed E-state index contributed by atoms with van der Waals surface area (Å²) in [6.07, 6.45) is 18.6. The number of aliphatic imine (C=N–C) groups is 1. The van der Waals surface area contributed by atoms with Crippen LogP contribution in [-0.2, 0) is 0 Å². The van der Waals surface area contributed by atoms with Crippen LogP contribution in [0.3, 0.4) is 0 Å². The molecule has 0 spiro atoms. The molecule has 2 aliphatic rings. The van der Waals surface area contributed by atoms with Crippen molar-refractivity contribution in [1.29, 1.82) is 0 Å². The first-order valence-electron chi connectivity index (χ1n) is 11.7. The van der Waals surface area contributed by atoms with Crippen molar-refractivity contribution in [3.05, 3.63) is 34.9 Å². The highest BCUT2D eigenvalue weighted by Gasteiger charge is 2.20. The van der Waals surface area contributed by atoms with E-state index in [4.69, 9.17) is 4.74 Å². The molecular weight excluding hydrogens is 342 g/mol. The highest BCUT2D eigenvalue weighted by molar-refractivity contribution is 5.72. The molecule has 0 radical (unpaired) electrons. The first kappa shape index (κ1) is 21.1. The minimum absolute atomic E-state index is 0.524. The zero-order chi connectivity index (χ0) is 19.8. The molecule has 1 aliphatic carbocycles. The topological polar surface area (TPSA) is 21.6 Å². The number of hydrogen-bond acceptors (Lipinski definition) is 2. The molecule has 0 bridgehead atoms. The van der Waals surface area contributed by atoms with Crippen LogP contribution in [0, 0.1) is 0 Å². The molecule has 0 aromatic heterocycles. The lowest BCUT2D eigenvalue weighted by molar-refractivity contribution is 0.305. The molecule has 1 aromatic carbocycles. The van der Waals surface area contributed by atoms with Gasteiger partial charge in [0, 0.05) is 12.3 Å². The summed E-state index contributed by atoms with van der Waals surface area (Å²) in [4.78, 5) is 4.65. The lowest BCUT2D eigenvalue weighted by Crippen LogP contribution is -2.07. The standard InChI is InChI=1S/C26H39NO/c1-4-20(2)24-18-23-21(3)15-16-27-25(23)19-26(24)28-17-11-14-22-12-9-7-5-6-8-10-13-22/h12,16,18-21H,4-11,13-15,17H2,1-3H3. The number of fused-ring (bicyclic) bond motifs is 1. The fraction of sp³-hybridized carbons (Fsp3) is 0.654. The lowest BCUT2D eigenvalue weighted by Gasteiger charge is -2.23. The predicted molar refractivity (Wildman–Crippen MR) is 121 cm³/mol. The molecule has 0 saturated heterocycles. The molecule has 2 nitrogen and oxygen atoms in total. The fourth-order valence-electron chi connectivity index (χ4n) is 4.42.